The topological polar surface area (TPSA) is 142 Å². The van der Waals surface area contributed by atoms with Gasteiger partial charge in [0.05, 0.1) is 18.2 Å². The second kappa shape index (κ2) is 9.36. The zero-order valence-corrected chi connectivity index (χ0v) is 18.7. The summed E-state index contributed by atoms with van der Waals surface area (Å²) in [5, 5.41) is 11.9. The number of aromatic nitrogens is 3. The van der Waals surface area contributed by atoms with Gasteiger partial charge in [-0.25, -0.2) is 9.78 Å². The maximum Gasteiger partial charge on any atom is 0.357 e. The van der Waals surface area contributed by atoms with E-state index in [2.05, 4.69) is 20.7 Å². The molecule has 0 bridgehead atoms. The molecule has 0 saturated carbocycles. The first kappa shape index (κ1) is 22.4. The van der Waals surface area contributed by atoms with Gasteiger partial charge in [-0.2, -0.15) is 5.10 Å². The van der Waals surface area contributed by atoms with Crippen LogP contribution in [-0.4, -0.2) is 51.7 Å². The van der Waals surface area contributed by atoms with Gasteiger partial charge in [0.1, 0.15) is 11.3 Å². The monoisotopic (exact) mass is 471 g/mol. The third-order valence-corrected chi connectivity index (χ3v) is 5.78. The molecule has 1 saturated heterocycles. The Labute approximate surface area is 192 Å². The van der Waals surface area contributed by atoms with Gasteiger partial charge in [0.25, 0.3) is 5.91 Å². The van der Waals surface area contributed by atoms with Crippen molar-refractivity contribution in [2.45, 2.75) is 25.7 Å². The molecule has 11 nitrogen and oxygen atoms in total. The molecule has 1 aromatic carbocycles. The summed E-state index contributed by atoms with van der Waals surface area (Å²) in [6.45, 7) is 1.63. The molecule has 172 valence electrons. The fourth-order valence-electron chi connectivity index (χ4n) is 3.59. The zero-order valence-electron chi connectivity index (χ0n) is 17.9. The second-order valence-corrected chi connectivity index (χ2v) is 8.12. The Kier molecular flexibility index (Phi) is 6.36. The highest BCUT2D eigenvalue weighted by atomic mass is 32.1. The summed E-state index contributed by atoms with van der Waals surface area (Å²) < 4.78 is 12.2. The third-order valence-electron chi connectivity index (χ3n) is 5.02. The van der Waals surface area contributed by atoms with Crippen LogP contribution in [0.5, 0.6) is 5.75 Å². The number of esters is 1. The fourth-order valence-corrected chi connectivity index (χ4v) is 4.28. The summed E-state index contributed by atoms with van der Waals surface area (Å²) in [7, 11) is 1.72. The molecule has 1 aliphatic heterocycles. The van der Waals surface area contributed by atoms with Crippen LogP contribution < -0.4 is 15.4 Å². The smallest absolute Gasteiger partial charge is 0.357 e. The van der Waals surface area contributed by atoms with Crippen LogP contribution in [0.15, 0.2) is 23.6 Å². The van der Waals surface area contributed by atoms with Crippen molar-refractivity contribution in [3.05, 3.63) is 35.0 Å². The van der Waals surface area contributed by atoms with E-state index in [9.17, 15) is 19.2 Å². The standard InChI is InChI=1S/C21H21N5O6S/c1-3-31-20(30)13-10-33-21(22-13)24-16(28)9-32-14-6-4-5-11-17(25-26(2)18(11)14)12-7-8-15(27)23-19(12)29/h4-6,10,12H,3,7-9H2,1-2H3,(H,22,24,28)(H,23,27,29). The molecule has 0 radical (unpaired) electrons. The van der Waals surface area contributed by atoms with Crippen LogP contribution in [0.3, 0.4) is 0 Å². The summed E-state index contributed by atoms with van der Waals surface area (Å²) in [5.74, 6) is -1.79. The molecule has 0 aliphatic carbocycles. The molecule has 0 spiro atoms. The lowest BCUT2D eigenvalue weighted by Crippen LogP contribution is -2.39. The largest absolute Gasteiger partial charge is 0.481 e. The molecule has 12 heteroatoms. The number of hydrogen-bond donors (Lipinski definition) is 2. The van der Waals surface area contributed by atoms with Crippen molar-refractivity contribution in [1.29, 1.82) is 0 Å². The first-order valence-electron chi connectivity index (χ1n) is 10.2. The highest BCUT2D eigenvalue weighted by Crippen LogP contribution is 2.34. The number of carbonyl (C=O) groups excluding carboxylic acids is 4. The molecule has 2 N–H and O–H groups in total. The lowest BCUT2D eigenvalue weighted by Gasteiger charge is -2.19. The number of hydrogen-bond acceptors (Lipinski definition) is 9. The van der Waals surface area contributed by atoms with Gasteiger partial charge in [0, 0.05) is 24.2 Å². The second-order valence-electron chi connectivity index (χ2n) is 7.26. The van der Waals surface area contributed by atoms with Gasteiger partial charge in [-0.15, -0.1) is 11.3 Å². The van der Waals surface area contributed by atoms with Crippen LogP contribution in [-0.2, 0) is 26.2 Å². The molecule has 1 aliphatic rings. The highest BCUT2D eigenvalue weighted by molar-refractivity contribution is 7.14. The van der Waals surface area contributed by atoms with Crippen LogP contribution in [0, 0.1) is 0 Å². The Hall–Kier alpha value is -3.80. The van der Waals surface area contributed by atoms with Crippen molar-refractivity contribution in [1.82, 2.24) is 20.1 Å². The summed E-state index contributed by atoms with van der Waals surface area (Å²) in [6, 6.07) is 5.27. The van der Waals surface area contributed by atoms with Crippen molar-refractivity contribution in [3.8, 4) is 5.75 Å². The minimum absolute atomic E-state index is 0.124. The maximum atomic E-state index is 12.3. The van der Waals surface area contributed by atoms with Gasteiger partial charge in [-0.3, -0.25) is 29.7 Å². The van der Waals surface area contributed by atoms with Crippen LogP contribution in [0.1, 0.15) is 41.9 Å². The Morgan fingerprint density at radius 2 is 2.15 bits per heavy atom. The van der Waals surface area contributed by atoms with E-state index < -0.39 is 17.8 Å². The number of anilines is 1. The van der Waals surface area contributed by atoms with E-state index in [0.29, 0.717) is 28.8 Å². The number of benzene rings is 1. The number of piperidine rings is 1. The number of fused-ring (bicyclic) bond motifs is 1. The molecule has 2 aromatic heterocycles. The summed E-state index contributed by atoms with van der Waals surface area (Å²) in [6.07, 6.45) is 0.630. The van der Waals surface area contributed by atoms with Gasteiger partial charge in [-0.05, 0) is 19.4 Å². The summed E-state index contributed by atoms with van der Waals surface area (Å²) >= 11 is 1.10. The van der Waals surface area contributed by atoms with Gasteiger partial charge in [0.2, 0.25) is 11.8 Å². The number of nitrogens with zero attached hydrogens (tertiary/aromatic N) is 3. The molecule has 1 fully saturated rings. The Morgan fingerprint density at radius 3 is 2.91 bits per heavy atom. The molecule has 1 atom stereocenters. The van der Waals surface area contributed by atoms with E-state index in [4.69, 9.17) is 9.47 Å². The van der Waals surface area contributed by atoms with Gasteiger partial charge in [0.15, 0.2) is 17.4 Å². The maximum absolute atomic E-state index is 12.3. The van der Waals surface area contributed by atoms with Crippen molar-refractivity contribution in [2.75, 3.05) is 18.5 Å². The Balaban J connectivity index is 1.47. The fraction of sp³-hybridized carbons (Fsp3) is 0.333. The van der Waals surface area contributed by atoms with E-state index in [1.807, 2.05) is 6.07 Å². The number of carbonyl (C=O) groups is 4. The van der Waals surface area contributed by atoms with Crippen molar-refractivity contribution in [2.24, 2.45) is 7.05 Å². The SMILES string of the molecule is CCOC(=O)c1csc(NC(=O)COc2cccc3c(C4CCC(=O)NC4=O)nn(C)c23)n1. The number of ether oxygens (including phenoxy) is 2. The third kappa shape index (κ3) is 4.70. The number of nitrogens with one attached hydrogen (secondary N) is 2. The van der Waals surface area contributed by atoms with Crippen molar-refractivity contribution < 1.29 is 28.7 Å². The summed E-state index contributed by atoms with van der Waals surface area (Å²) in [5.41, 5.74) is 1.31. The Bertz CT molecular complexity index is 1250. The minimum atomic E-state index is -0.555. The molecule has 4 rings (SSSR count). The predicted octanol–water partition coefficient (Wildman–Crippen LogP) is 1.74. The molecular formula is C21H21N5O6S. The quantitative estimate of drug-likeness (QED) is 0.392. The van der Waals surface area contributed by atoms with E-state index in [1.54, 1.807) is 30.8 Å². The molecule has 3 amide bonds. The minimum Gasteiger partial charge on any atom is -0.481 e. The first-order chi connectivity index (χ1) is 15.9. The predicted molar refractivity (Wildman–Crippen MR) is 118 cm³/mol. The number of amides is 3. The molecular weight excluding hydrogens is 450 g/mol. The van der Waals surface area contributed by atoms with E-state index in [0.717, 1.165) is 11.3 Å². The zero-order chi connectivity index (χ0) is 23.5. The number of thiazole rings is 1. The average Bonchev–Trinajstić information content (AvgIpc) is 3.37. The van der Waals surface area contributed by atoms with Gasteiger partial charge in [-0.1, -0.05) is 12.1 Å². The average molecular weight is 471 g/mol. The van der Waals surface area contributed by atoms with Crippen LogP contribution >= 0.6 is 11.3 Å². The van der Waals surface area contributed by atoms with Gasteiger partial charge >= 0.3 is 5.97 Å². The molecule has 3 aromatic rings. The molecule has 1 unspecified atom stereocenters. The summed E-state index contributed by atoms with van der Waals surface area (Å²) in [4.78, 5) is 51.9. The number of rotatable bonds is 7. The van der Waals surface area contributed by atoms with E-state index in [-0.39, 0.29) is 42.3 Å². The number of imide groups is 1. The lowest BCUT2D eigenvalue weighted by atomic mass is 9.93. The van der Waals surface area contributed by atoms with E-state index >= 15 is 0 Å². The Morgan fingerprint density at radius 1 is 1.33 bits per heavy atom. The lowest BCUT2D eigenvalue weighted by molar-refractivity contribution is -0.134. The number of para-hydroxylation sites is 1. The van der Waals surface area contributed by atoms with Crippen molar-refractivity contribution in [3.63, 3.8) is 0 Å². The first-order valence-corrected chi connectivity index (χ1v) is 11.1. The molecule has 33 heavy (non-hydrogen) atoms. The number of aryl methyl sites for hydroxylation is 1. The van der Waals surface area contributed by atoms with Crippen LogP contribution in [0.2, 0.25) is 0 Å². The van der Waals surface area contributed by atoms with Gasteiger partial charge < -0.3 is 9.47 Å². The van der Waals surface area contributed by atoms with Crippen LogP contribution in [0.25, 0.3) is 10.9 Å². The highest BCUT2D eigenvalue weighted by Gasteiger charge is 2.32. The molecule has 3 heterocycles. The van der Waals surface area contributed by atoms with E-state index in [1.165, 1.54) is 5.38 Å². The normalized spacial score (nSPS) is 15.9. The van der Waals surface area contributed by atoms with Crippen LogP contribution in [0.4, 0.5) is 5.13 Å². The van der Waals surface area contributed by atoms with Crippen molar-refractivity contribution >= 4 is 51.1 Å².